The van der Waals surface area contributed by atoms with Crippen LogP contribution in [0.4, 0.5) is 5.69 Å². The van der Waals surface area contributed by atoms with Crippen molar-refractivity contribution in [2.75, 3.05) is 0 Å². The first-order valence-corrected chi connectivity index (χ1v) is 9.52. The van der Waals surface area contributed by atoms with Gasteiger partial charge in [0.05, 0.1) is 16.6 Å². The van der Waals surface area contributed by atoms with E-state index in [2.05, 4.69) is 0 Å². The van der Waals surface area contributed by atoms with E-state index < -0.39 is 23.1 Å². The van der Waals surface area contributed by atoms with Gasteiger partial charge in [0.1, 0.15) is 6.29 Å². The topological polar surface area (TPSA) is 107 Å². The highest BCUT2D eigenvalue weighted by atomic mass is 16.6. The van der Waals surface area contributed by atoms with Gasteiger partial charge in [-0.25, -0.2) is 4.79 Å². The number of nitro benzene ring substituents is 1. The molecule has 7 nitrogen and oxygen atoms in total. The molecule has 0 radical (unpaired) electrons. The van der Waals surface area contributed by atoms with Crippen LogP contribution in [-0.4, -0.2) is 28.4 Å². The number of nitro groups is 1. The van der Waals surface area contributed by atoms with Gasteiger partial charge in [0, 0.05) is 12.5 Å². The molecule has 0 amide bonds. The Balaban J connectivity index is 2.41. The maximum Gasteiger partial charge on any atom is 0.332 e. The van der Waals surface area contributed by atoms with E-state index in [1.807, 2.05) is 0 Å². The van der Waals surface area contributed by atoms with Crippen molar-refractivity contribution < 1.29 is 24.4 Å². The molecule has 27 heavy (non-hydrogen) atoms. The molecule has 0 aliphatic heterocycles. The summed E-state index contributed by atoms with van der Waals surface area (Å²) in [6.45, 7) is 1.64. The Kier molecular flexibility index (Phi) is 10.9. The van der Waals surface area contributed by atoms with E-state index in [-0.39, 0.29) is 5.69 Å². The highest BCUT2D eigenvalue weighted by molar-refractivity contribution is 5.72. The molecule has 0 heterocycles. The lowest BCUT2D eigenvalue weighted by atomic mass is 10.0. The second-order valence-corrected chi connectivity index (χ2v) is 6.64. The van der Waals surface area contributed by atoms with Gasteiger partial charge in [-0.15, -0.1) is 0 Å². The molecular weight excluding hydrogens is 350 g/mol. The third kappa shape index (κ3) is 8.77. The number of hydrogen-bond acceptors (Lipinski definition) is 5. The summed E-state index contributed by atoms with van der Waals surface area (Å²) in [6.07, 6.45) is 7.10. The van der Waals surface area contributed by atoms with E-state index in [9.17, 15) is 24.8 Å². The fourth-order valence-electron chi connectivity index (χ4n) is 3.01. The minimum Gasteiger partial charge on any atom is -0.479 e. The molecule has 2 unspecified atom stereocenters. The first kappa shape index (κ1) is 22.8. The predicted molar refractivity (Wildman–Crippen MR) is 102 cm³/mol. The maximum absolute atomic E-state index is 11.5. The standard InChI is InChI=1S/C20H29NO6/c1-16(17-12-9-10-13-18(17)21(25)26)27-19(20(23)24)14-8-6-4-2-3-5-7-11-15-22/h9-10,12-13,15-16,19H,2-8,11,14H2,1H3,(H,23,24). The molecule has 0 spiro atoms. The molecule has 0 aromatic heterocycles. The van der Waals surface area contributed by atoms with Crippen molar-refractivity contribution in [2.24, 2.45) is 0 Å². The largest absolute Gasteiger partial charge is 0.479 e. The Labute approximate surface area is 159 Å². The number of carbonyl (C=O) groups is 2. The zero-order valence-electron chi connectivity index (χ0n) is 15.8. The van der Waals surface area contributed by atoms with Gasteiger partial charge in [0.15, 0.2) is 6.10 Å². The molecule has 0 saturated heterocycles. The molecule has 150 valence electrons. The normalized spacial score (nSPS) is 13.1. The Morgan fingerprint density at radius 1 is 1.15 bits per heavy atom. The van der Waals surface area contributed by atoms with Crippen molar-refractivity contribution in [3.63, 3.8) is 0 Å². The quantitative estimate of drug-likeness (QED) is 0.202. The van der Waals surface area contributed by atoms with Crippen LogP contribution in [0.1, 0.15) is 76.4 Å². The summed E-state index contributed by atoms with van der Waals surface area (Å²) in [5.41, 5.74) is 0.313. The molecule has 7 heteroatoms. The third-order valence-corrected chi connectivity index (χ3v) is 4.50. The Bertz CT molecular complexity index is 604. The van der Waals surface area contributed by atoms with E-state index >= 15 is 0 Å². The summed E-state index contributed by atoms with van der Waals surface area (Å²) in [5.74, 6) is -1.05. The highest BCUT2D eigenvalue weighted by Crippen LogP contribution is 2.28. The number of aldehydes is 1. The number of carboxylic acid groups (broad SMARTS) is 1. The Hall–Kier alpha value is -2.28. The van der Waals surface area contributed by atoms with Gasteiger partial charge in [0.25, 0.3) is 5.69 Å². The number of carbonyl (C=O) groups excluding carboxylic acids is 1. The van der Waals surface area contributed by atoms with Gasteiger partial charge in [-0.1, -0.05) is 50.7 Å². The second-order valence-electron chi connectivity index (χ2n) is 6.64. The summed E-state index contributed by atoms with van der Waals surface area (Å²) in [7, 11) is 0. The summed E-state index contributed by atoms with van der Waals surface area (Å²) < 4.78 is 5.62. The van der Waals surface area contributed by atoms with Gasteiger partial charge in [0.2, 0.25) is 0 Å². The highest BCUT2D eigenvalue weighted by Gasteiger charge is 2.25. The van der Waals surface area contributed by atoms with E-state index in [4.69, 9.17) is 4.74 Å². The molecule has 1 rings (SSSR count). The zero-order valence-corrected chi connectivity index (χ0v) is 15.8. The van der Waals surface area contributed by atoms with Crippen molar-refractivity contribution in [1.82, 2.24) is 0 Å². The molecule has 2 atom stereocenters. The van der Waals surface area contributed by atoms with Crippen molar-refractivity contribution in [2.45, 2.75) is 76.9 Å². The predicted octanol–water partition coefficient (Wildman–Crippen LogP) is 4.84. The molecule has 0 saturated carbocycles. The fourth-order valence-corrected chi connectivity index (χ4v) is 3.01. The van der Waals surface area contributed by atoms with Crippen LogP contribution < -0.4 is 0 Å². The smallest absolute Gasteiger partial charge is 0.332 e. The minimum absolute atomic E-state index is 0.0660. The van der Waals surface area contributed by atoms with Crippen LogP contribution in [0, 0.1) is 10.1 Å². The Morgan fingerprint density at radius 2 is 1.74 bits per heavy atom. The van der Waals surface area contributed by atoms with Crippen LogP contribution in [-0.2, 0) is 14.3 Å². The first-order valence-electron chi connectivity index (χ1n) is 9.52. The third-order valence-electron chi connectivity index (χ3n) is 4.50. The number of para-hydroxylation sites is 1. The number of rotatable bonds is 15. The molecule has 1 aromatic carbocycles. The lowest BCUT2D eigenvalue weighted by molar-refractivity contribution is -0.386. The fraction of sp³-hybridized carbons (Fsp3) is 0.600. The number of unbranched alkanes of at least 4 members (excludes halogenated alkanes) is 7. The average molecular weight is 379 g/mol. The minimum atomic E-state index is -1.05. The molecular formula is C20H29NO6. The van der Waals surface area contributed by atoms with Crippen molar-refractivity contribution in [3.05, 3.63) is 39.9 Å². The van der Waals surface area contributed by atoms with Crippen LogP contribution in [0.5, 0.6) is 0 Å². The van der Waals surface area contributed by atoms with Gasteiger partial charge < -0.3 is 14.6 Å². The first-order chi connectivity index (χ1) is 13.0. The molecule has 0 aliphatic rings. The molecule has 0 fully saturated rings. The summed E-state index contributed by atoms with van der Waals surface area (Å²) in [4.78, 5) is 32.3. The van der Waals surface area contributed by atoms with E-state index in [1.54, 1.807) is 25.1 Å². The van der Waals surface area contributed by atoms with Crippen LogP contribution in [0.25, 0.3) is 0 Å². The number of benzene rings is 1. The summed E-state index contributed by atoms with van der Waals surface area (Å²) in [5, 5.41) is 20.5. The summed E-state index contributed by atoms with van der Waals surface area (Å²) >= 11 is 0. The van der Waals surface area contributed by atoms with Crippen LogP contribution in [0.3, 0.4) is 0 Å². The maximum atomic E-state index is 11.5. The monoisotopic (exact) mass is 379 g/mol. The lowest BCUT2D eigenvalue weighted by Crippen LogP contribution is -2.25. The van der Waals surface area contributed by atoms with Crippen LogP contribution in [0.2, 0.25) is 0 Å². The second kappa shape index (κ2) is 13.0. The molecule has 1 N–H and O–H groups in total. The molecule has 0 aliphatic carbocycles. The van der Waals surface area contributed by atoms with Crippen molar-refractivity contribution in [3.8, 4) is 0 Å². The van der Waals surface area contributed by atoms with E-state index in [1.165, 1.54) is 6.07 Å². The van der Waals surface area contributed by atoms with Crippen LogP contribution in [0.15, 0.2) is 24.3 Å². The number of ether oxygens (including phenoxy) is 1. The summed E-state index contributed by atoms with van der Waals surface area (Å²) in [6, 6.07) is 6.22. The molecule has 1 aromatic rings. The lowest BCUT2D eigenvalue weighted by Gasteiger charge is -2.19. The molecule has 0 bridgehead atoms. The van der Waals surface area contributed by atoms with Crippen molar-refractivity contribution >= 4 is 17.9 Å². The zero-order chi connectivity index (χ0) is 20.1. The van der Waals surface area contributed by atoms with E-state index in [0.29, 0.717) is 18.4 Å². The average Bonchev–Trinajstić information content (AvgIpc) is 2.65. The van der Waals surface area contributed by atoms with Crippen LogP contribution >= 0.6 is 0 Å². The van der Waals surface area contributed by atoms with Gasteiger partial charge in [-0.2, -0.15) is 0 Å². The number of nitrogens with zero attached hydrogens (tertiary/aromatic N) is 1. The van der Waals surface area contributed by atoms with Gasteiger partial charge >= 0.3 is 5.97 Å². The van der Waals surface area contributed by atoms with Gasteiger partial charge in [-0.3, -0.25) is 10.1 Å². The van der Waals surface area contributed by atoms with Gasteiger partial charge in [-0.05, 0) is 25.8 Å². The van der Waals surface area contributed by atoms with E-state index in [0.717, 1.165) is 51.2 Å². The Morgan fingerprint density at radius 3 is 2.33 bits per heavy atom. The number of hydrogen-bond donors (Lipinski definition) is 1. The van der Waals surface area contributed by atoms with Crippen molar-refractivity contribution in [1.29, 1.82) is 0 Å². The number of aliphatic carboxylic acids is 1. The number of carboxylic acids is 1. The SMILES string of the molecule is CC(OC(CCCCCCCCCC=O)C(=O)O)c1ccccc1[N+](=O)[O-].